The summed E-state index contributed by atoms with van der Waals surface area (Å²) < 4.78 is 65.6. The summed E-state index contributed by atoms with van der Waals surface area (Å²) in [5, 5.41) is 8.56. The molecular weight excluding hydrogens is 269 g/mol. The Morgan fingerprint density at radius 1 is 1.53 bits per heavy atom. The predicted molar refractivity (Wildman–Crippen MR) is 45.9 cm³/mol. The van der Waals surface area contributed by atoms with Crippen LogP contribution >= 0.6 is 0 Å². The van der Waals surface area contributed by atoms with E-state index < -0.39 is 39.2 Å². The molecular formula is C7H7F3O6S. The highest BCUT2D eigenvalue weighted by Gasteiger charge is 2.50. The van der Waals surface area contributed by atoms with Crippen LogP contribution in [0.25, 0.3) is 0 Å². The van der Waals surface area contributed by atoms with E-state index in [1.54, 1.807) is 0 Å². The second-order valence-electron chi connectivity index (χ2n) is 3.17. The minimum absolute atomic E-state index is 0.364. The van der Waals surface area contributed by atoms with Crippen LogP contribution in [0.15, 0.2) is 11.5 Å². The fourth-order valence-corrected chi connectivity index (χ4v) is 1.59. The van der Waals surface area contributed by atoms with E-state index in [0.29, 0.717) is 0 Å². The van der Waals surface area contributed by atoms with Crippen molar-refractivity contribution in [1.82, 2.24) is 0 Å². The first-order valence-corrected chi connectivity index (χ1v) is 5.59. The zero-order valence-corrected chi connectivity index (χ0v) is 9.13. The molecule has 6 nitrogen and oxygen atoms in total. The summed E-state index contributed by atoms with van der Waals surface area (Å²) in [6.45, 7) is 1.36. The molecule has 0 aromatic rings. The van der Waals surface area contributed by atoms with Gasteiger partial charge in [-0.05, 0) is 6.92 Å². The molecule has 0 saturated carbocycles. The molecule has 0 bridgehead atoms. The second kappa shape index (κ2) is 4.09. The Labute approximate surface area is 93.7 Å². The molecule has 0 aromatic carbocycles. The van der Waals surface area contributed by atoms with Gasteiger partial charge in [0.25, 0.3) is 0 Å². The summed E-state index contributed by atoms with van der Waals surface area (Å²) in [5.41, 5.74) is -5.62. The third-order valence-corrected chi connectivity index (χ3v) is 2.72. The van der Waals surface area contributed by atoms with E-state index in [9.17, 15) is 26.4 Å². The van der Waals surface area contributed by atoms with Crippen LogP contribution in [0.3, 0.4) is 0 Å². The molecule has 0 aromatic heterocycles. The van der Waals surface area contributed by atoms with Gasteiger partial charge in [-0.25, -0.2) is 4.79 Å². The molecule has 1 N–H and O–H groups in total. The summed E-state index contributed by atoms with van der Waals surface area (Å²) in [6.07, 6.45) is -1.13. The fourth-order valence-electron chi connectivity index (χ4n) is 1.08. The number of ether oxygens (including phenoxy) is 1. The van der Waals surface area contributed by atoms with Crippen LogP contribution in [-0.2, 0) is 23.8 Å². The molecule has 1 heterocycles. The SMILES string of the molecule is CC1CC(OS(=O)(=O)C(F)(F)F)=C(C(=O)O)O1. The van der Waals surface area contributed by atoms with Crippen molar-refractivity contribution in [2.45, 2.75) is 25.0 Å². The van der Waals surface area contributed by atoms with Crippen LogP contribution in [-0.4, -0.2) is 31.1 Å². The smallest absolute Gasteiger partial charge is 0.481 e. The average Bonchev–Trinajstić information content (AvgIpc) is 2.43. The van der Waals surface area contributed by atoms with Gasteiger partial charge in [-0.3, -0.25) is 0 Å². The molecule has 0 aliphatic carbocycles. The minimum Gasteiger partial charge on any atom is -0.481 e. The third kappa shape index (κ3) is 2.81. The average molecular weight is 276 g/mol. The Morgan fingerprint density at radius 2 is 2.06 bits per heavy atom. The third-order valence-electron chi connectivity index (χ3n) is 1.73. The number of rotatable bonds is 3. The molecule has 0 radical (unpaired) electrons. The Bertz CT molecular complexity index is 462. The van der Waals surface area contributed by atoms with E-state index in [1.807, 2.05) is 0 Å². The van der Waals surface area contributed by atoms with Crippen molar-refractivity contribution >= 4 is 16.1 Å². The van der Waals surface area contributed by atoms with Crippen LogP contribution in [0.1, 0.15) is 13.3 Å². The number of halogens is 3. The van der Waals surface area contributed by atoms with Gasteiger partial charge >= 0.3 is 21.6 Å². The Morgan fingerprint density at radius 3 is 2.47 bits per heavy atom. The number of hydrogen-bond donors (Lipinski definition) is 1. The van der Waals surface area contributed by atoms with Crippen molar-refractivity contribution in [3.8, 4) is 0 Å². The lowest BCUT2D eigenvalue weighted by atomic mass is 10.3. The first kappa shape index (κ1) is 13.6. The number of carboxylic acids is 1. The van der Waals surface area contributed by atoms with Gasteiger partial charge < -0.3 is 14.0 Å². The highest BCUT2D eigenvalue weighted by Crippen LogP contribution is 2.32. The molecule has 1 aliphatic rings. The van der Waals surface area contributed by atoms with Crippen molar-refractivity contribution in [1.29, 1.82) is 0 Å². The van der Waals surface area contributed by atoms with Gasteiger partial charge in [0.15, 0.2) is 5.76 Å². The molecule has 0 fully saturated rings. The molecule has 1 unspecified atom stereocenters. The molecule has 1 atom stereocenters. The largest absolute Gasteiger partial charge is 0.534 e. The molecule has 10 heteroatoms. The molecule has 0 spiro atoms. The summed E-state index contributed by atoms with van der Waals surface area (Å²) in [7, 11) is -5.87. The van der Waals surface area contributed by atoms with E-state index in [4.69, 9.17) is 5.11 Å². The van der Waals surface area contributed by atoms with Gasteiger partial charge in [0.05, 0.1) is 0 Å². The van der Waals surface area contributed by atoms with Crippen LogP contribution in [0.4, 0.5) is 13.2 Å². The van der Waals surface area contributed by atoms with Crippen LogP contribution < -0.4 is 0 Å². The van der Waals surface area contributed by atoms with Gasteiger partial charge in [0, 0.05) is 6.42 Å². The number of alkyl halides is 3. The lowest BCUT2D eigenvalue weighted by molar-refractivity contribution is -0.137. The van der Waals surface area contributed by atoms with Gasteiger partial charge in [-0.2, -0.15) is 21.6 Å². The zero-order valence-electron chi connectivity index (χ0n) is 8.32. The summed E-state index contributed by atoms with van der Waals surface area (Å²) in [6, 6.07) is 0. The van der Waals surface area contributed by atoms with Gasteiger partial charge in [-0.15, -0.1) is 0 Å². The number of aliphatic carboxylic acids is 1. The molecule has 98 valence electrons. The quantitative estimate of drug-likeness (QED) is 0.610. The minimum atomic E-state index is -5.87. The Hall–Kier alpha value is -1.45. The second-order valence-corrected chi connectivity index (χ2v) is 4.71. The monoisotopic (exact) mass is 276 g/mol. The summed E-state index contributed by atoms with van der Waals surface area (Å²) >= 11 is 0. The van der Waals surface area contributed by atoms with E-state index in [2.05, 4.69) is 8.92 Å². The Kier molecular flexibility index (Phi) is 3.28. The first-order chi connectivity index (χ1) is 7.54. The van der Waals surface area contributed by atoms with Gasteiger partial charge in [0.1, 0.15) is 6.10 Å². The molecule has 1 rings (SSSR count). The van der Waals surface area contributed by atoms with Gasteiger partial charge in [-0.1, -0.05) is 0 Å². The number of carbonyl (C=O) groups is 1. The van der Waals surface area contributed by atoms with Gasteiger partial charge in [0.2, 0.25) is 5.76 Å². The lowest BCUT2D eigenvalue weighted by Crippen LogP contribution is -2.25. The van der Waals surface area contributed by atoms with Crippen LogP contribution in [0.5, 0.6) is 0 Å². The summed E-state index contributed by atoms with van der Waals surface area (Å²) in [4.78, 5) is 10.6. The predicted octanol–water partition coefficient (Wildman–Crippen LogP) is 0.958. The molecule has 17 heavy (non-hydrogen) atoms. The summed E-state index contributed by atoms with van der Waals surface area (Å²) in [5.74, 6) is -3.48. The Balaban J connectivity index is 3.03. The maximum atomic E-state index is 12.0. The lowest BCUT2D eigenvalue weighted by Gasteiger charge is -2.09. The molecule has 0 saturated heterocycles. The number of carboxylic acid groups (broad SMARTS) is 1. The maximum Gasteiger partial charge on any atom is 0.534 e. The van der Waals surface area contributed by atoms with Crippen LogP contribution in [0.2, 0.25) is 0 Å². The highest BCUT2D eigenvalue weighted by molar-refractivity contribution is 7.87. The normalized spacial score (nSPS) is 21.3. The van der Waals surface area contributed by atoms with Crippen molar-refractivity contribution in [2.24, 2.45) is 0 Å². The first-order valence-electron chi connectivity index (χ1n) is 4.18. The molecule has 0 amide bonds. The highest BCUT2D eigenvalue weighted by atomic mass is 32.2. The number of hydrogen-bond acceptors (Lipinski definition) is 5. The zero-order chi connectivity index (χ0) is 13.4. The van der Waals surface area contributed by atoms with Crippen LogP contribution in [0, 0.1) is 0 Å². The topological polar surface area (TPSA) is 89.9 Å². The van der Waals surface area contributed by atoms with E-state index in [1.165, 1.54) is 6.92 Å². The van der Waals surface area contributed by atoms with E-state index >= 15 is 0 Å². The maximum absolute atomic E-state index is 12.0. The van der Waals surface area contributed by atoms with E-state index in [-0.39, 0.29) is 6.42 Å². The molecule has 1 aliphatic heterocycles. The fraction of sp³-hybridized carbons (Fsp3) is 0.571. The van der Waals surface area contributed by atoms with Crippen molar-refractivity contribution in [3.05, 3.63) is 11.5 Å². The van der Waals surface area contributed by atoms with Crippen molar-refractivity contribution in [2.75, 3.05) is 0 Å². The van der Waals surface area contributed by atoms with Crippen molar-refractivity contribution in [3.63, 3.8) is 0 Å². The van der Waals surface area contributed by atoms with E-state index in [0.717, 1.165) is 0 Å². The van der Waals surface area contributed by atoms with Crippen molar-refractivity contribution < 1.29 is 40.4 Å². The standard InChI is InChI=1S/C7H7F3O6S/c1-3-2-4(5(15-3)6(11)12)16-17(13,14)7(8,9)10/h3H,2H2,1H3,(H,11,12).